The third-order valence-electron chi connectivity index (χ3n) is 2.81. The van der Waals surface area contributed by atoms with Crippen molar-refractivity contribution in [2.75, 3.05) is 30.3 Å². The molecule has 5 heteroatoms. The fourth-order valence-electron chi connectivity index (χ4n) is 1.79. The molecule has 3 nitrogen and oxygen atoms in total. The molecule has 0 saturated carbocycles. The molecule has 0 radical (unpaired) electrons. The van der Waals surface area contributed by atoms with E-state index in [1.165, 1.54) is 6.07 Å². The van der Waals surface area contributed by atoms with Gasteiger partial charge in [-0.3, -0.25) is 9.11 Å². The molecule has 1 aliphatic rings. The van der Waals surface area contributed by atoms with E-state index in [4.69, 9.17) is 5.73 Å². The molecule has 1 heterocycles. The lowest BCUT2D eigenvalue weighted by molar-refractivity contribution is 0.291. The summed E-state index contributed by atoms with van der Waals surface area (Å²) in [6, 6.07) is 4.87. The van der Waals surface area contributed by atoms with Crippen LogP contribution in [0.5, 0.6) is 0 Å². The maximum atomic E-state index is 13.2. The highest BCUT2D eigenvalue weighted by Crippen LogP contribution is 2.18. The van der Waals surface area contributed by atoms with Crippen molar-refractivity contribution in [3.63, 3.8) is 0 Å². The van der Waals surface area contributed by atoms with Crippen LogP contribution in [0.2, 0.25) is 0 Å². The number of rotatable bonds is 2. The van der Waals surface area contributed by atoms with Gasteiger partial charge in [0.2, 0.25) is 0 Å². The molecule has 0 amide bonds. The molecule has 1 aliphatic heterocycles. The van der Waals surface area contributed by atoms with Gasteiger partial charge in [-0.1, -0.05) is 12.1 Å². The van der Waals surface area contributed by atoms with Gasteiger partial charge in [0.05, 0.1) is 5.69 Å². The fraction of sp³-hybridized carbons (Fsp3) is 0.455. The summed E-state index contributed by atoms with van der Waals surface area (Å²) < 4.78 is 24.4. The first kappa shape index (κ1) is 11.5. The largest absolute Gasteiger partial charge is 0.396 e. The maximum Gasteiger partial charge on any atom is 0.146 e. The molecule has 2 rings (SSSR count). The van der Waals surface area contributed by atoms with Gasteiger partial charge in [-0.05, 0) is 11.6 Å². The first-order valence-corrected chi connectivity index (χ1v) is 6.76. The van der Waals surface area contributed by atoms with E-state index in [1.54, 1.807) is 6.07 Å². The van der Waals surface area contributed by atoms with Crippen molar-refractivity contribution in [2.45, 2.75) is 6.54 Å². The van der Waals surface area contributed by atoms with Crippen LogP contribution in [0.4, 0.5) is 10.1 Å². The minimum atomic E-state index is -0.676. The smallest absolute Gasteiger partial charge is 0.146 e. The van der Waals surface area contributed by atoms with Crippen LogP contribution in [0.3, 0.4) is 0 Å². The normalized spacial score (nSPS) is 18.8. The van der Waals surface area contributed by atoms with Crippen LogP contribution in [-0.4, -0.2) is 33.7 Å². The average molecular weight is 242 g/mol. The van der Waals surface area contributed by atoms with Gasteiger partial charge in [-0.2, -0.15) is 0 Å². The first-order chi connectivity index (χ1) is 7.66. The van der Waals surface area contributed by atoms with Crippen LogP contribution in [0.1, 0.15) is 5.56 Å². The van der Waals surface area contributed by atoms with Gasteiger partial charge in [0.1, 0.15) is 5.82 Å². The molecule has 16 heavy (non-hydrogen) atoms. The summed E-state index contributed by atoms with van der Waals surface area (Å²) in [5.74, 6) is 1.04. The highest BCUT2D eigenvalue weighted by Gasteiger charge is 2.16. The minimum Gasteiger partial charge on any atom is -0.396 e. The van der Waals surface area contributed by atoms with Crippen LogP contribution < -0.4 is 5.73 Å². The van der Waals surface area contributed by atoms with Gasteiger partial charge < -0.3 is 5.73 Å². The van der Waals surface area contributed by atoms with E-state index in [0.29, 0.717) is 18.1 Å². The molecule has 2 N–H and O–H groups in total. The van der Waals surface area contributed by atoms with Crippen LogP contribution in [0.15, 0.2) is 18.2 Å². The number of nitrogens with zero attached hydrogens (tertiary/aromatic N) is 1. The van der Waals surface area contributed by atoms with Crippen molar-refractivity contribution in [1.29, 1.82) is 0 Å². The second kappa shape index (κ2) is 4.93. The van der Waals surface area contributed by atoms with E-state index in [9.17, 15) is 8.60 Å². The standard InChI is InChI=1S/C11H15FN2OS/c12-10-3-1-2-9(11(10)13)8-14-4-6-16(15)7-5-14/h1-3H,4-8,13H2. The van der Waals surface area contributed by atoms with Gasteiger partial charge in [-0.15, -0.1) is 0 Å². The van der Waals surface area contributed by atoms with Crippen LogP contribution in [-0.2, 0) is 17.3 Å². The summed E-state index contributed by atoms with van der Waals surface area (Å²) in [5.41, 5.74) is 6.71. The molecule has 0 aliphatic carbocycles. The van der Waals surface area contributed by atoms with Gasteiger partial charge in [0.25, 0.3) is 0 Å². The van der Waals surface area contributed by atoms with Crippen molar-refractivity contribution in [3.8, 4) is 0 Å². The molecule has 1 fully saturated rings. The van der Waals surface area contributed by atoms with E-state index in [0.717, 1.165) is 18.7 Å². The predicted octanol–water partition coefficient (Wildman–Crippen LogP) is 0.972. The Bertz CT molecular complexity index is 401. The highest BCUT2D eigenvalue weighted by molar-refractivity contribution is 7.85. The Morgan fingerprint density at radius 2 is 2.06 bits per heavy atom. The van der Waals surface area contributed by atoms with Crippen molar-refractivity contribution < 1.29 is 8.60 Å². The Labute approximate surface area is 96.9 Å². The number of hydrogen-bond donors (Lipinski definition) is 1. The van der Waals surface area contributed by atoms with Crippen LogP contribution >= 0.6 is 0 Å². The predicted molar refractivity (Wildman–Crippen MR) is 64.0 cm³/mol. The molecule has 1 aromatic rings. The SMILES string of the molecule is Nc1c(F)cccc1CN1CCS(=O)CC1. The average Bonchev–Trinajstić information content (AvgIpc) is 2.28. The van der Waals surface area contributed by atoms with E-state index in [-0.39, 0.29) is 11.5 Å². The zero-order valence-electron chi connectivity index (χ0n) is 8.99. The second-order valence-corrected chi connectivity index (χ2v) is 5.63. The van der Waals surface area contributed by atoms with E-state index in [2.05, 4.69) is 4.90 Å². The fourth-order valence-corrected chi connectivity index (χ4v) is 2.92. The van der Waals surface area contributed by atoms with Crippen LogP contribution in [0.25, 0.3) is 0 Å². The third kappa shape index (κ3) is 2.59. The van der Waals surface area contributed by atoms with Gasteiger partial charge in [0, 0.05) is 41.9 Å². The Morgan fingerprint density at radius 3 is 2.75 bits per heavy atom. The number of anilines is 1. The number of nitrogen functional groups attached to an aromatic ring is 1. The lowest BCUT2D eigenvalue weighted by atomic mass is 10.1. The second-order valence-electron chi connectivity index (χ2n) is 3.94. The summed E-state index contributed by atoms with van der Waals surface area (Å²) in [7, 11) is -0.676. The molecule has 0 spiro atoms. The first-order valence-electron chi connectivity index (χ1n) is 5.27. The number of halogens is 1. The van der Waals surface area contributed by atoms with Crippen molar-refractivity contribution >= 4 is 16.5 Å². The molecule has 0 bridgehead atoms. The summed E-state index contributed by atoms with van der Waals surface area (Å²) >= 11 is 0. The van der Waals surface area contributed by atoms with Crippen LogP contribution in [0, 0.1) is 5.82 Å². The monoisotopic (exact) mass is 242 g/mol. The van der Waals surface area contributed by atoms with Crippen molar-refractivity contribution in [3.05, 3.63) is 29.6 Å². The van der Waals surface area contributed by atoms with E-state index in [1.807, 2.05) is 6.07 Å². The van der Waals surface area contributed by atoms with Gasteiger partial charge in [-0.25, -0.2) is 4.39 Å². The number of para-hydroxylation sites is 1. The summed E-state index contributed by atoms with van der Waals surface area (Å²) in [5, 5.41) is 0. The number of benzene rings is 1. The highest BCUT2D eigenvalue weighted by atomic mass is 32.2. The summed E-state index contributed by atoms with van der Waals surface area (Å²) in [4.78, 5) is 2.16. The summed E-state index contributed by atoms with van der Waals surface area (Å²) in [6.45, 7) is 2.23. The molecular formula is C11H15FN2OS. The van der Waals surface area contributed by atoms with Gasteiger partial charge >= 0.3 is 0 Å². The lowest BCUT2D eigenvalue weighted by Crippen LogP contribution is -2.37. The summed E-state index contributed by atoms with van der Waals surface area (Å²) in [6.07, 6.45) is 0. The number of nitrogens with two attached hydrogens (primary N) is 1. The molecular weight excluding hydrogens is 227 g/mol. The molecule has 88 valence electrons. The zero-order valence-corrected chi connectivity index (χ0v) is 9.80. The zero-order chi connectivity index (χ0) is 11.5. The molecule has 0 aromatic heterocycles. The van der Waals surface area contributed by atoms with Gasteiger partial charge in [0.15, 0.2) is 0 Å². The van der Waals surface area contributed by atoms with E-state index < -0.39 is 10.8 Å². The molecule has 1 aromatic carbocycles. The topological polar surface area (TPSA) is 46.3 Å². The number of hydrogen-bond acceptors (Lipinski definition) is 3. The lowest BCUT2D eigenvalue weighted by Gasteiger charge is -2.26. The van der Waals surface area contributed by atoms with Crippen molar-refractivity contribution in [1.82, 2.24) is 4.90 Å². The Hall–Kier alpha value is -0.940. The molecule has 0 atom stereocenters. The third-order valence-corrected chi connectivity index (χ3v) is 4.08. The Morgan fingerprint density at radius 1 is 1.38 bits per heavy atom. The quantitative estimate of drug-likeness (QED) is 0.786. The Balaban J connectivity index is 2.04. The maximum absolute atomic E-state index is 13.2. The minimum absolute atomic E-state index is 0.231. The van der Waals surface area contributed by atoms with E-state index >= 15 is 0 Å². The van der Waals surface area contributed by atoms with Crippen molar-refractivity contribution in [2.24, 2.45) is 0 Å². The molecule has 0 unspecified atom stereocenters. The Kier molecular flexibility index (Phi) is 3.56. The molecule has 1 saturated heterocycles.